The van der Waals surface area contributed by atoms with Crippen LogP contribution in [0.3, 0.4) is 0 Å². The summed E-state index contributed by atoms with van der Waals surface area (Å²) in [6, 6.07) is 7.56. The number of benzene rings is 1. The van der Waals surface area contributed by atoms with Gasteiger partial charge in [0.15, 0.2) is 5.96 Å². The SMILES string of the molecule is CCNC(=NCc1ccc(C(=O)N(C)C)cc1)NCCn1cc(C)cn1.I. The molecule has 1 amide bonds. The van der Waals surface area contributed by atoms with E-state index in [9.17, 15) is 4.79 Å². The number of carbonyl (C=O) groups is 1. The molecule has 0 fully saturated rings. The first kappa shape index (κ1) is 22.9. The van der Waals surface area contributed by atoms with Crippen molar-refractivity contribution in [1.29, 1.82) is 0 Å². The Kier molecular flexibility index (Phi) is 9.84. The van der Waals surface area contributed by atoms with E-state index < -0.39 is 0 Å². The number of rotatable bonds is 7. The Hall–Kier alpha value is -2.10. The zero-order valence-corrected chi connectivity index (χ0v) is 18.7. The standard InChI is InChI=1S/C19H28N6O.HI/c1-5-20-19(21-10-11-25-14-15(2)12-23-25)22-13-16-6-8-17(9-7-16)18(26)24(3)4;/h6-9,12,14H,5,10-11,13H2,1-4H3,(H2,20,21,22);1H. The molecule has 0 aliphatic heterocycles. The van der Waals surface area contributed by atoms with Crippen molar-refractivity contribution in [3.05, 3.63) is 53.3 Å². The smallest absolute Gasteiger partial charge is 0.253 e. The molecule has 2 aromatic rings. The normalized spacial score (nSPS) is 10.9. The highest BCUT2D eigenvalue weighted by Gasteiger charge is 2.07. The van der Waals surface area contributed by atoms with E-state index in [-0.39, 0.29) is 29.9 Å². The van der Waals surface area contributed by atoms with Crippen LogP contribution in [0.5, 0.6) is 0 Å². The van der Waals surface area contributed by atoms with Gasteiger partial charge < -0.3 is 15.5 Å². The minimum absolute atomic E-state index is 0. The summed E-state index contributed by atoms with van der Waals surface area (Å²) in [4.78, 5) is 18.1. The molecule has 0 unspecified atom stereocenters. The number of nitrogens with zero attached hydrogens (tertiary/aromatic N) is 4. The second-order valence-corrected chi connectivity index (χ2v) is 6.30. The molecule has 1 aromatic heterocycles. The monoisotopic (exact) mass is 484 g/mol. The average Bonchev–Trinajstić information content (AvgIpc) is 3.04. The first-order chi connectivity index (χ1) is 12.5. The Labute approximate surface area is 178 Å². The van der Waals surface area contributed by atoms with Gasteiger partial charge in [0.25, 0.3) is 5.91 Å². The van der Waals surface area contributed by atoms with Crippen molar-refractivity contribution in [3.63, 3.8) is 0 Å². The minimum atomic E-state index is 0. The van der Waals surface area contributed by atoms with Crippen molar-refractivity contribution in [2.24, 2.45) is 4.99 Å². The van der Waals surface area contributed by atoms with Crippen molar-refractivity contribution in [2.75, 3.05) is 27.2 Å². The molecule has 1 aromatic carbocycles. The second-order valence-electron chi connectivity index (χ2n) is 6.30. The van der Waals surface area contributed by atoms with Crippen molar-refractivity contribution in [1.82, 2.24) is 25.3 Å². The zero-order chi connectivity index (χ0) is 18.9. The molecule has 7 nitrogen and oxygen atoms in total. The highest BCUT2D eigenvalue weighted by Crippen LogP contribution is 2.07. The lowest BCUT2D eigenvalue weighted by molar-refractivity contribution is 0.0827. The van der Waals surface area contributed by atoms with Crippen LogP contribution >= 0.6 is 24.0 Å². The predicted octanol–water partition coefficient (Wildman–Crippen LogP) is 2.27. The molecule has 0 radical (unpaired) electrons. The van der Waals surface area contributed by atoms with Crippen LogP contribution in [0.15, 0.2) is 41.7 Å². The van der Waals surface area contributed by atoms with Crippen molar-refractivity contribution >= 4 is 35.8 Å². The molecule has 1 heterocycles. The fourth-order valence-corrected chi connectivity index (χ4v) is 2.40. The first-order valence-electron chi connectivity index (χ1n) is 8.81. The van der Waals surface area contributed by atoms with Gasteiger partial charge in [-0.15, -0.1) is 24.0 Å². The maximum Gasteiger partial charge on any atom is 0.253 e. The Morgan fingerprint density at radius 1 is 1.22 bits per heavy atom. The summed E-state index contributed by atoms with van der Waals surface area (Å²) in [5.74, 6) is 0.772. The largest absolute Gasteiger partial charge is 0.357 e. The van der Waals surface area contributed by atoms with Gasteiger partial charge in [-0.1, -0.05) is 12.1 Å². The Bertz CT molecular complexity index is 739. The van der Waals surface area contributed by atoms with Crippen LogP contribution in [0.4, 0.5) is 0 Å². The van der Waals surface area contributed by atoms with Crippen LogP contribution in [0.2, 0.25) is 0 Å². The van der Waals surface area contributed by atoms with Gasteiger partial charge in [-0.3, -0.25) is 9.48 Å². The van der Waals surface area contributed by atoms with E-state index in [2.05, 4.69) is 20.7 Å². The fraction of sp³-hybridized carbons (Fsp3) is 0.421. The van der Waals surface area contributed by atoms with Gasteiger partial charge in [0, 0.05) is 38.9 Å². The van der Waals surface area contributed by atoms with Gasteiger partial charge in [0.2, 0.25) is 0 Å². The lowest BCUT2D eigenvalue weighted by Crippen LogP contribution is -2.38. The molecule has 2 rings (SSSR count). The van der Waals surface area contributed by atoms with E-state index in [1.165, 1.54) is 0 Å². The highest BCUT2D eigenvalue weighted by molar-refractivity contribution is 14.0. The van der Waals surface area contributed by atoms with Gasteiger partial charge in [-0.2, -0.15) is 5.10 Å². The van der Waals surface area contributed by atoms with Crippen molar-refractivity contribution < 1.29 is 4.79 Å². The first-order valence-corrected chi connectivity index (χ1v) is 8.81. The Morgan fingerprint density at radius 3 is 2.48 bits per heavy atom. The number of hydrogen-bond donors (Lipinski definition) is 2. The van der Waals surface area contributed by atoms with E-state index in [1.54, 1.807) is 19.0 Å². The van der Waals surface area contributed by atoms with E-state index >= 15 is 0 Å². The lowest BCUT2D eigenvalue weighted by Gasteiger charge is -2.12. The Balaban J connectivity index is 0.00000364. The average molecular weight is 484 g/mol. The quantitative estimate of drug-likeness (QED) is 0.359. The Morgan fingerprint density at radius 2 is 1.93 bits per heavy atom. The zero-order valence-electron chi connectivity index (χ0n) is 16.4. The lowest BCUT2D eigenvalue weighted by atomic mass is 10.1. The number of aryl methyl sites for hydroxylation is 1. The van der Waals surface area contributed by atoms with Gasteiger partial charge in [0.05, 0.1) is 19.3 Å². The van der Waals surface area contributed by atoms with Gasteiger partial charge in [-0.25, -0.2) is 4.99 Å². The van der Waals surface area contributed by atoms with Crippen LogP contribution in [-0.4, -0.2) is 53.7 Å². The van der Waals surface area contributed by atoms with E-state index in [0.29, 0.717) is 12.1 Å². The van der Waals surface area contributed by atoms with Crippen LogP contribution in [0.25, 0.3) is 0 Å². The number of amides is 1. The summed E-state index contributed by atoms with van der Waals surface area (Å²) in [7, 11) is 3.50. The van der Waals surface area contributed by atoms with Crippen LogP contribution in [0.1, 0.15) is 28.4 Å². The molecule has 0 aliphatic rings. The van der Waals surface area contributed by atoms with Crippen LogP contribution in [0, 0.1) is 6.92 Å². The summed E-state index contributed by atoms with van der Waals surface area (Å²) in [5, 5.41) is 10.8. The molecule has 2 N–H and O–H groups in total. The molecule has 0 spiro atoms. The van der Waals surface area contributed by atoms with Gasteiger partial charge >= 0.3 is 0 Å². The second kappa shape index (κ2) is 11.6. The van der Waals surface area contributed by atoms with Gasteiger partial charge in [-0.05, 0) is 37.1 Å². The molecule has 0 saturated heterocycles. The number of aromatic nitrogens is 2. The number of nitrogens with one attached hydrogen (secondary N) is 2. The van der Waals surface area contributed by atoms with Gasteiger partial charge in [0.1, 0.15) is 0 Å². The third-order valence-electron chi connectivity index (χ3n) is 3.77. The number of aliphatic imine (C=N–C) groups is 1. The van der Waals surface area contributed by atoms with E-state index in [4.69, 9.17) is 0 Å². The van der Waals surface area contributed by atoms with E-state index in [0.717, 1.165) is 36.7 Å². The van der Waals surface area contributed by atoms with Crippen LogP contribution in [-0.2, 0) is 13.1 Å². The predicted molar refractivity (Wildman–Crippen MR) is 120 cm³/mol. The highest BCUT2D eigenvalue weighted by atomic mass is 127. The summed E-state index contributed by atoms with van der Waals surface area (Å²) >= 11 is 0. The van der Waals surface area contributed by atoms with Crippen LogP contribution < -0.4 is 10.6 Å². The molecular formula is C19H29IN6O. The molecule has 148 valence electrons. The van der Waals surface area contributed by atoms with Crippen molar-refractivity contribution in [2.45, 2.75) is 26.9 Å². The van der Waals surface area contributed by atoms with E-state index in [1.807, 2.05) is 55.2 Å². The summed E-state index contributed by atoms with van der Waals surface area (Å²) in [6.45, 7) is 6.92. The number of guanidine groups is 1. The molecule has 0 atom stereocenters. The molecule has 0 bridgehead atoms. The third kappa shape index (κ3) is 7.58. The summed E-state index contributed by atoms with van der Waals surface area (Å²) < 4.78 is 1.91. The molecule has 0 saturated carbocycles. The maximum absolute atomic E-state index is 11.9. The van der Waals surface area contributed by atoms with Crippen molar-refractivity contribution in [3.8, 4) is 0 Å². The molecule has 0 aliphatic carbocycles. The maximum atomic E-state index is 11.9. The third-order valence-corrected chi connectivity index (χ3v) is 3.77. The fourth-order valence-electron chi connectivity index (χ4n) is 2.40. The number of hydrogen-bond acceptors (Lipinski definition) is 3. The number of halogens is 1. The molecular weight excluding hydrogens is 455 g/mol. The summed E-state index contributed by atoms with van der Waals surface area (Å²) in [6.07, 6.45) is 3.87. The summed E-state index contributed by atoms with van der Waals surface area (Å²) in [5.41, 5.74) is 2.89. The molecule has 8 heteroatoms. The topological polar surface area (TPSA) is 74.6 Å². The number of carbonyl (C=O) groups excluding carboxylic acids is 1. The minimum Gasteiger partial charge on any atom is -0.357 e. The molecule has 27 heavy (non-hydrogen) atoms.